The van der Waals surface area contributed by atoms with E-state index in [1.54, 1.807) is 0 Å². The fourth-order valence-corrected chi connectivity index (χ4v) is 3.52. The summed E-state index contributed by atoms with van der Waals surface area (Å²) >= 11 is 0. The Morgan fingerprint density at radius 3 is 2.89 bits per heavy atom. The first kappa shape index (κ1) is 13.0. The van der Waals surface area contributed by atoms with Crippen molar-refractivity contribution in [3.8, 4) is 5.75 Å². The fraction of sp³-hybridized carbons (Fsp3) is 0.647. The van der Waals surface area contributed by atoms with Gasteiger partial charge in [0, 0.05) is 5.56 Å². The number of aryl methyl sites for hydroxylation is 1. The van der Waals surface area contributed by atoms with Crippen molar-refractivity contribution in [3.05, 3.63) is 29.3 Å². The van der Waals surface area contributed by atoms with E-state index >= 15 is 0 Å². The quantitative estimate of drug-likeness (QED) is 0.886. The molecule has 1 unspecified atom stereocenters. The van der Waals surface area contributed by atoms with Gasteiger partial charge < -0.3 is 9.84 Å². The zero-order chi connectivity index (χ0) is 13.1. The number of para-hydroxylation sites is 1. The Morgan fingerprint density at radius 1 is 1.21 bits per heavy atom. The van der Waals surface area contributed by atoms with Crippen molar-refractivity contribution >= 4 is 0 Å². The number of aliphatic hydroxyl groups is 1. The molecule has 2 heteroatoms. The van der Waals surface area contributed by atoms with Crippen LogP contribution in [-0.4, -0.2) is 11.7 Å². The summed E-state index contributed by atoms with van der Waals surface area (Å²) in [6.07, 6.45) is 9.33. The highest BCUT2D eigenvalue weighted by molar-refractivity contribution is 5.43. The lowest BCUT2D eigenvalue weighted by atomic mass is 9.93. The highest BCUT2D eigenvalue weighted by Crippen LogP contribution is 2.36. The van der Waals surface area contributed by atoms with E-state index in [4.69, 9.17) is 4.74 Å². The fourth-order valence-electron chi connectivity index (χ4n) is 3.52. The highest BCUT2D eigenvalue weighted by Gasteiger charge is 2.21. The zero-order valence-corrected chi connectivity index (χ0v) is 11.6. The maximum absolute atomic E-state index is 10.5. The molecular formula is C17H24O2. The second-order valence-corrected chi connectivity index (χ2v) is 6.03. The number of benzene rings is 1. The molecule has 0 bridgehead atoms. The van der Waals surface area contributed by atoms with Crippen LogP contribution >= 0.6 is 0 Å². The molecule has 0 saturated heterocycles. The summed E-state index contributed by atoms with van der Waals surface area (Å²) in [4.78, 5) is 0. The molecule has 19 heavy (non-hydrogen) atoms. The van der Waals surface area contributed by atoms with Crippen LogP contribution < -0.4 is 4.74 Å². The number of ether oxygens (including phenoxy) is 1. The molecule has 1 aromatic carbocycles. The van der Waals surface area contributed by atoms with Crippen LogP contribution in [0.1, 0.15) is 62.2 Å². The average molecular weight is 260 g/mol. The van der Waals surface area contributed by atoms with E-state index < -0.39 is 0 Å². The topological polar surface area (TPSA) is 29.5 Å². The summed E-state index contributed by atoms with van der Waals surface area (Å²) < 4.78 is 5.79. The van der Waals surface area contributed by atoms with Crippen LogP contribution in [0.4, 0.5) is 0 Å². The van der Waals surface area contributed by atoms with Crippen LogP contribution in [0.25, 0.3) is 0 Å². The van der Waals surface area contributed by atoms with E-state index in [1.165, 1.54) is 31.2 Å². The summed E-state index contributed by atoms with van der Waals surface area (Å²) in [5.41, 5.74) is 2.28. The minimum absolute atomic E-state index is 0.353. The van der Waals surface area contributed by atoms with Crippen molar-refractivity contribution in [2.24, 2.45) is 5.92 Å². The number of fused-ring (bicyclic) bond motifs is 1. The molecule has 1 saturated carbocycles. The first-order valence-electron chi connectivity index (χ1n) is 7.77. The molecule has 2 nitrogen and oxygen atoms in total. The molecule has 1 heterocycles. The van der Waals surface area contributed by atoms with Gasteiger partial charge in [-0.1, -0.05) is 43.9 Å². The monoisotopic (exact) mass is 260 g/mol. The van der Waals surface area contributed by atoms with Gasteiger partial charge in [0.1, 0.15) is 5.75 Å². The zero-order valence-electron chi connectivity index (χ0n) is 11.6. The number of hydrogen-bond acceptors (Lipinski definition) is 2. The van der Waals surface area contributed by atoms with E-state index in [9.17, 15) is 5.11 Å². The molecule has 104 valence electrons. The second-order valence-electron chi connectivity index (χ2n) is 6.03. The van der Waals surface area contributed by atoms with Crippen molar-refractivity contribution in [2.45, 2.75) is 57.5 Å². The van der Waals surface area contributed by atoms with Gasteiger partial charge in [0.2, 0.25) is 0 Å². The molecule has 1 aliphatic carbocycles. The Morgan fingerprint density at radius 2 is 2.05 bits per heavy atom. The van der Waals surface area contributed by atoms with Crippen LogP contribution in [-0.2, 0) is 6.42 Å². The van der Waals surface area contributed by atoms with Crippen molar-refractivity contribution < 1.29 is 9.84 Å². The van der Waals surface area contributed by atoms with Gasteiger partial charge in [-0.3, -0.25) is 0 Å². The van der Waals surface area contributed by atoms with Crippen LogP contribution in [0.5, 0.6) is 5.75 Å². The predicted molar refractivity (Wildman–Crippen MR) is 76.4 cm³/mol. The first-order chi connectivity index (χ1) is 9.34. The minimum Gasteiger partial charge on any atom is -0.493 e. The maximum Gasteiger partial charge on any atom is 0.128 e. The van der Waals surface area contributed by atoms with Gasteiger partial charge in [-0.2, -0.15) is 0 Å². The molecule has 1 N–H and O–H groups in total. The van der Waals surface area contributed by atoms with Crippen molar-refractivity contribution in [1.29, 1.82) is 0 Å². The van der Waals surface area contributed by atoms with Crippen molar-refractivity contribution in [1.82, 2.24) is 0 Å². The Labute approximate surface area is 115 Å². The van der Waals surface area contributed by atoms with E-state index in [-0.39, 0.29) is 6.10 Å². The van der Waals surface area contributed by atoms with Gasteiger partial charge in [-0.05, 0) is 37.2 Å². The lowest BCUT2D eigenvalue weighted by Crippen LogP contribution is -2.12. The molecule has 0 aromatic heterocycles. The molecule has 0 amide bonds. The predicted octanol–water partition coefficient (Wildman–Crippen LogP) is 4.02. The third kappa shape index (κ3) is 2.94. The van der Waals surface area contributed by atoms with Crippen LogP contribution in [0.2, 0.25) is 0 Å². The smallest absolute Gasteiger partial charge is 0.128 e. The Bertz CT molecular complexity index is 421. The Hall–Kier alpha value is -1.02. The Balaban J connectivity index is 1.67. The molecule has 2 aliphatic rings. The van der Waals surface area contributed by atoms with E-state index in [1.807, 2.05) is 6.07 Å². The highest BCUT2D eigenvalue weighted by atomic mass is 16.5. The largest absolute Gasteiger partial charge is 0.493 e. The molecule has 1 fully saturated rings. The van der Waals surface area contributed by atoms with Crippen LogP contribution in [0.3, 0.4) is 0 Å². The van der Waals surface area contributed by atoms with Gasteiger partial charge in [0.15, 0.2) is 0 Å². The molecule has 1 aliphatic heterocycles. The summed E-state index contributed by atoms with van der Waals surface area (Å²) in [6, 6.07) is 6.22. The number of rotatable bonds is 4. The number of aliphatic hydroxyl groups excluding tert-OH is 1. The second kappa shape index (κ2) is 5.96. The van der Waals surface area contributed by atoms with Crippen LogP contribution in [0, 0.1) is 5.92 Å². The third-order valence-electron chi connectivity index (χ3n) is 4.65. The Kier molecular flexibility index (Phi) is 4.07. The molecule has 3 rings (SSSR count). The maximum atomic E-state index is 10.5. The van der Waals surface area contributed by atoms with E-state index in [0.717, 1.165) is 49.5 Å². The van der Waals surface area contributed by atoms with Gasteiger partial charge in [0.25, 0.3) is 0 Å². The van der Waals surface area contributed by atoms with Crippen molar-refractivity contribution in [3.63, 3.8) is 0 Å². The SMILES string of the molecule is OC(CCC1CCCC1)c1cccc2c1OCCC2. The van der Waals surface area contributed by atoms with Crippen LogP contribution in [0.15, 0.2) is 18.2 Å². The number of hydrogen-bond donors (Lipinski definition) is 1. The molecule has 1 atom stereocenters. The van der Waals surface area contributed by atoms with Crippen molar-refractivity contribution in [2.75, 3.05) is 6.61 Å². The minimum atomic E-state index is -0.353. The summed E-state index contributed by atoms with van der Waals surface area (Å²) in [5, 5.41) is 10.5. The summed E-state index contributed by atoms with van der Waals surface area (Å²) in [7, 11) is 0. The van der Waals surface area contributed by atoms with E-state index in [0.29, 0.717) is 0 Å². The normalized spacial score (nSPS) is 20.9. The lowest BCUT2D eigenvalue weighted by molar-refractivity contribution is 0.150. The van der Waals surface area contributed by atoms with Gasteiger partial charge in [-0.25, -0.2) is 0 Å². The molecule has 1 aromatic rings. The first-order valence-corrected chi connectivity index (χ1v) is 7.77. The molecular weight excluding hydrogens is 236 g/mol. The third-order valence-corrected chi connectivity index (χ3v) is 4.65. The standard InChI is InChI=1S/C17H24O2/c18-16(11-10-13-5-1-2-6-13)15-9-3-7-14-8-4-12-19-17(14)15/h3,7,9,13,16,18H,1-2,4-6,8,10-12H2. The van der Waals surface area contributed by atoms with E-state index in [2.05, 4.69) is 12.1 Å². The van der Waals surface area contributed by atoms with Gasteiger partial charge >= 0.3 is 0 Å². The average Bonchev–Trinajstić information content (AvgIpc) is 2.97. The summed E-state index contributed by atoms with van der Waals surface area (Å²) in [6.45, 7) is 0.791. The lowest BCUT2D eigenvalue weighted by Gasteiger charge is -2.23. The summed E-state index contributed by atoms with van der Waals surface area (Å²) in [5.74, 6) is 1.81. The molecule has 0 spiro atoms. The van der Waals surface area contributed by atoms with Gasteiger partial charge in [0.05, 0.1) is 12.7 Å². The molecule has 0 radical (unpaired) electrons. The van der Waals surface area contributed by atoms with Gasteiger partial charge in [-0.15, -0.1) is 0 Å².